The summed E-state index contributed by atoms with van der Waals surface area (Å²) < 4.78 is 47.0. The lowest BCUT2D eigenvalue weighted by molar-refractivity contribution is -0.140. The number of hydrogen-bond acceptors (Lipinski definition) is 7. The maximum Gasteiger partial charge on any atom is 0.434 e. The molecular formula is C26H21F3N6OS. The van der Waals surface area contributed by atoms with E-state index < -0.39 is 11.9 Å². The van der Waals surface area contributed by atoms with Gasteiger partial charge in [0, 0.05) is 37.3 Å². The van der Waals surface area contributed by atoms with Gasteiger partial charge in [-0.3, -0.25) is 4.98 Å². The van der Waals surface area contributed by atoms with Crippen LogP contribution in [0.2, 0.25) is 0 Å². The summed E-state index contributed by atoms with van der Waals surface area (Å²) in [4.78, 5) is 22.1. The number of fused-ring (bicyclic) bond motifs is 1. The van der Waals surface area contributed by atoms with Gasteiger partial charge in [-0.1, -0.05) is 24.3 Å². The molecule has 1 aromatic carbocycles. The van der Waals surface area contributed by atoms with Crippen LogP contribution in [0.25, 0.3) is 32.2 Å². The Morgan fingerprint density at radius 1 is 1.05 bits per heavy atom. The predicted molar refractivity (Wildman–Crippen MR) is 133 cm³/mol. The lowest BCUT2D eigenvalue weighted by Gasteiger charge is -2.08. The highest BCUT2D eigenvalue weighted by Gasteiger charge is 2.34. The lowest BCUT2D eigenvalue weighted by atomic mass is 10.1. The highest BCUT2D eigenvalue weighted by atomic mass is 32.1. The van der Waals surface area contributed by atoms with Gasteiger partial charge in [0.1, 0.15) is 17.2 Å². The third kappa shape index (κ3) is 4.43. The molecule has 188 valence electrons. The van der Waals surface area contributed by atoms with Gasteiger partial charge in [0.25, 0.3) is 0 Å². The highest BCUT2D eigenvalue weighted by Crippen LogP contribution is 2.47. The lowest BCUT2D eigenvalue weighted by Crippen LogP contribution is -2.04. The van der Waals surface area contributed by atoms with Crippen molar-refractivity contribution in [1.29, 1.82) is 0 Å². The van der Waals surface area contributed by atoms with Crippen molar-refractivity contribution in [2.24, 2.45) is 7.05 Å². The number of rotatable bonds is 6. The van der Waals surface area contributed by atoms with Crippen molar-refractivity contribution in [2.75, 3.05) is 7.11 Å². The Morgan fingerprint density at radius 3 is 2.51 bits per heavy atom. The molecule has 6 rings (SSSR count). The maximum atomic E-state index is 13.0. The molecule has 5 aromatic rings. The zero-order chi connectivity index (χ0) is 25.7. The Morgan fingerprint density at radius 2 is 1.84 bits per heavy atom. The smallest absolute Gasteiger partial charge is 0.434 e. The molecule has 4 heterocycles. The fourth-order valence-electron chi connectivity index (χ4n) is 4.38. The van der Waals surface area contributed by atoms with Crippen LogP contribution in [0.15, 0.2) is 49.1 Å². The van der Waals surface area contributed by atoms with Crippen molar-refractivity contribution in [3.05, 3.63) is 71.7 Å². The molecule has 1 aliphatic rings. The molecule has 1 aliphatic carbocycles. The van der Waals surface area contributed by atoms with Gasteiger partial charge < -0.3 is 9.30 Å². The molecule has 0 aliphatic heterocycles. The summed E-state index contributed by atoms with van der Waals surface area (Å²) in [6.45, 7) is 0. The minimum absolute atomic E-state index is 0.261. The molecule has 0 spiro atoms. The quantitative estimate of drug-likeness (QED) is 0.270. The topological polar surface area (TPSA) is 78.6 Å². The van der Waals surface area contributed by atoms with Crippen LogP contribution < -0.4 is 4.74 Å². The standard InChI is InChI=1S/C26H21F3N6OS/c1-35-12-19(26(27,28)29)34-23(35)16-5-3-14(4-6-16)11-18-22-17(9-10-30-18)33-25(37-22)20-21(15-7-8-15)31-13-32-24(20)36-2/h3-6,9-10,12-13,15H,7-8,11H2,1-2H3. The first-order valence-electron chi connectivity index (χ1n) is 11.7. The van der Waals surface area contributed by atoms with E-state index in [9.17, 15) is 13.2 Å². The monoisotopic (exact) mass is 522 g/mol. The van der Waals surface area contributed by atoms with Gasteiger partial charge in [0.15, 0.2) is 5.69 Å². The van der Waals surface area contributed by atoms with Crippen LogP contribution in [0.5, 0.6) is 5.88 Å². The number of hydrogen-bond donors (Lipinski definition) is 0. The Bertz CT molecular complexity index is 1610. The summed E-state index contributed by atoms with van der Waals surface area (Å²) in [7, 11) is 3.15. The minimum Gasteiger partial charge on any atom is -0.480 e. The van der Waals surface area contributed by atoms with E-state index in [4.69, 9.17) is 9.72 Å². The van der Waals surface area contributed by atoms with E-state index in [1.165, 1.54) is 22.2 Å². The molecule has 11 heteroatoms. The third-order valence-corrected chi connectivity index (χ3v) is 7.48. The van der Waals surface area contributed by atoms with Gasteiger partial charge >= 0.3 is 6.18 Å². The van der Waals surface area contributed by atoms with Gasteiger partial charge in [-0.25, -0.2) is 19.9 Å². The van der Waals surface area contributed by atoms with E-state index in [1.54, 1.807) is 32.5 Å². The molecule has 0 N–H and O–H groups in total. The van der Waals surface area contributed by atoms with Crippen LogP contribution in [0.4, 0.5) is 13.2 Å². The molecule has 7 nitrogen and oxygen atoms in total. The number of pyridine rings is 1. The van der Waals surface area contributed by atoms with Gasteiger partial charge in [-0.05, 0) is 24.5 Å². The third-order valence-electron chi connectivity index (χ3n) is 6.34. The second-order valence-electron chi connectivity index (χ2n) is 8.97. The van der Waals surface area contributed by atoms with Crippen LogP contribution in [0, 0.1) is 0 Å². The molecule has 4 aromatic heterocycles. The van der Waals surface area contributed by atoms with E-state index >= 15 is 0 Å². The number of imidazole rings is 1. The predicted octanol–water partition coefficient (Wildman–Crippen LogP) is 6.04. The number of nitrogens with zero attached hydrogens (tertiary/aromatic N) is 6. The van der Waals surface area contributed by atoms with Crippen LogP contribution in [-0.2, 0) is 19.6 Å². The Kier molecular flexibility index (Phi) is 5.67. The zero-order valence-electron chi connectivity index (χ0n) is 20.0. The van der Waals surface area contributed by atoms with Crippen LogP contribution in [0.1, 0.15) is 41.4 Å². The van der Waals surface area contributed by atoms with E-state index in [-0.39, 0.29) is 5.82 Å². The van der Waals surface area contributed by atoms with Crippen LogP contribution in [0.3, 0.4) is 0 Å². The van der Waals surface area contributed by atoms with E-state index in [0.29, 0.717) is 23.8 Å². The van der Waals surface area contributed by atoms with Crippen molar-refractivity contribution in [3.8, 4) is 27.8 Å². The zero-order valence-corrected chi connectivity index (χ0v) is 20.8. The Balaban J connectivity index is 1.32. The van der Waals surface area contributed by atoms with Crippen LogP contribution in [-0.4, -0.2) is 36.6 Å². The van der Waals surface area contributed by atoms with Crippen molar-refractivity contribution in [1.82, 2.24) is 29.5 Å². The summed E-state index contributed by atoms with van der Waals surface area (Å²) >= 11 is 1.54. The molecule has 1 fully saturated rings. The summed E-state index contributed by atoms with van der Waals surface area (Å²) in [6.07, 6.45) is 2.52. The Labute approximate surface area is 214 Å². The first-order valence-corrected chi connectivity index (χ1v) is 12.5. The summed E-state index contributed by atoms with van der Waals surface area (Å²) in [6, 6.07) is 9.22. The maximum absolute atomic E-state index is 13.0. The van der Waals surface area contributed by atoms with Gasteiger partial charge in [-0.2, -0.15) is 13.2 Å². The normalized spacial score (nSPS) is 13.9. The molecule has 0 atom stereocenters. The minimum atomic E-state index is -4.48. The molecule has 37 heavy (non-hydrogen) atoms. The van der Waals surface area contributed by atoms with Crippen LogP contribution >= 0.6 is 11.3 Å². The number of halogens is 3. The molecule has 0 radical (unpaired) electrons. The summed E-state index contributed by atoms with van der Waals surface area (Å²) in [5, 5.41) is 0.800. The number of alkyl halides is 3. The molecule has 0 unspecified atom stereocenters. The van der Waals surface area contributed by atoms with Crippen molar-refractivity contribution < 1.29 is 17.9 Å². The van der Waals surface area contributed by atoms with Gasteiger partial charge in [0.05, 0.1) is 34.3 Å². The number of benzene rings is 1. The van der Waals surface area contributed by atoms with Crippen molar-refractivity contribution >= 4 is 21.6 Å². The SMILES string of the molecule is COc1ncnc(C2CC2)c1-c1nc2ccnc(Cc3ccc(-c4nc(C(F)(F)F)cn4C)cc3)c2s1. The number of aromatic nitrogens is 6. The highest BCUT2D eigenvalue weighted by molar-refractivity contribution is 7.21. The van der Waals surface area contributed by atoms with Crippen molar-refractivity contribution in [3.63, 3.8) is 0 Å². The summed E-state index contributed by atoms with van der Waals surface area (Å²) in [5.41, 5.74) is 4.20. The number of methoxy groups -OCH3 is 1. The number of aryl methyl sites for hydroxylation is 1. The second kappa shape index (κ2) is 8.91. The summed E-state index contributed by atoms with van der Waals surface area (Å²) in [5.74, 6) is 1.18. The average Bonchev–Trinajstić information content (AvgIpc) is 3.51. The largest absolute Gasteiger partial charge is 0.480 e. The van der Waals surface area contributed by atoms with E-state index in [1.807, 2.05) is 18.2 Å². The first kappa shape index (κ1) is 23.5. The fraction of sp³-hybridized carbons (Fsp3) is 0.269. The average molecular weight is 523 g/mol. The van der Waals surface area contributed by atoms with Crippen molar-refractivity contribution in [2.45, 2.75) is 31.4 Å². The second-order valence-corrected chi connectivity index (χ2v) is 9.97. The molecule has 0 saturated heterocycles. The molecular weight excluding hydrogens is 501 g/mol. The van der Waals surface area contributed by atoms with Gasteiger partial charge in [-0.15, -0.1) is 11.3 Å². The van der Waals surface area contributed by atoms with E-state index in [0.717, 1.165) is 56.8 Å². The number of thiazole rings is 1. The first-order chi connectivity index (χ1) is 17.8. The molecule has 0 amide bonds. The Hall–Kier alpha value is -3.86. The number of ether oxygens (including phenoxy) is 1. The fourth-order valence-corrected chi connectivity index (χ4v) is 5.47. The molecule has 1 saturated carbocycles. The van der Waals surface area contributed by atoms with E-state index in [2.05, 4.69) is 19.9 Å². The molecule has 0 bridgehead atoms. The van der Waals surface area contributed by atoms with Gasteiger partial charge in [0.2, 0.25) is 5.88 Å².